The highest BCUT2D eigenvalue weighted by Gasteiger charge is 2.26. The third-order valence-corrected chi connectivity index (χ3v) is 4.92. The molecule has 2 heterocycles. The number of halogens is 1. The molecule has 112 valence electrons. The average molecular weight is 344 g/mol. The second kappa shape index (κ2) is 6.72. The number of aliphatic carboxylic acids is 1. The van der Waals surface area contributed by atoms with E-state index in [1.54, 1.807) is 0 Å². The number of carbonyl (C=O) groups is 1. The van der Waals surface area contributed by atoms with Crippen molar-refractivity contribution < 1.29 is 9.90 Å². The number of aromatic nitrogens is 2. The van der Waals surface area contributed by atoms with E-state index < -0.39 is 5.97 Å². The van der Waals surface area contributed by atoms with E-state index in [0.29, 0.717) is 0 Å². The first-order valence-electron chi connectivity index (χ1n) is 7.26. The van der Waals surface area contributed by atoms with Gasteiger partial charge in [0, 0.05) is 13.1 Å². The summed E-state index contributed by atoms with van der Waals surface area (Å²) < 4.78 is 3.16. The van der Waals surface area contributed by atoms with E-state index in [-0.39, 0.29) is 5.92 Å². The number of carboxylic acid groups (broad SMARTS) is 1. The van der Waals surface area contributed by atoms with Crippen LogP contribution in [0, 0.1) is 5.92 Å². The lowest BCUT2D eigenvalue weighted by Gasteiger charge is -2.30. The molecule has 1 aliphatic heterocycles. The quantitative estimate of drug-likeness (QED) is 0.892. The Morgan fingerprint density at radius 2 is 2.05 bits per heavy atom. The van der Waals surface area contributed by atoms with Crippen LogP contribution in [0.25, 0.3) is 0 Å². The predicted molar refractivity (Wildman–Crippen MR) is 80.6 cm³/mol. The fraction of sp³-hybridized carbons (Fsp3) is 0.714. The Morgan fingerprint density at radius 1 is 1.40 bits per heavy atom. The third-order valence-electron chi connectivity index (χ3n) is 4.00. The molecule has 1 aromatic rings. The average Bonchev–Trinajstić information content (AvgIpc) is 2.76. The van der Waals surface area contributed by atoms with Gasteiger partial charge in [-0.2, -0.15) is 5.10 Å². The van der Waals surface area contributed by atoms with Gasteiger partial charge in [0.15, 0.2) is 0 Å². The molecule has 5 nitrogen and oxygen atoms in total. The Kier molecular flexibility index (Phi) is 5.21. The normalized spacial score (nSPS) is 17.6. The fourth-order valence-corrected chi connectivity index (χ4v) is 3.41. The van der Waals surface area contributed by atoms with Gasteiger partial charge in [0.25, 0.3) is 0 Å². The third kappa shape index (κ3) is 3.23. The standard InChI is InChI=1S/C14H22BrN3O2/c1-3-11-13(15)12(18(4-2)16-11)9-17-7-5-10(6-8-17)14(19)20/h10H,3-9H2,1-2H3,(H,19,20). The SMILES string of the molecule is CCc1nn(CC)c(CN2CCC(C(=O)O)CC2)c1Br. The second-order valence-electron chi connectivity index (χ2n) is 5.27. The number of piperidine rings is 1. The molecule has 20 heavy (non-hydrogen) atoms. The molecule has 1 fully saturated rings. The summed E-state index contributed by atoms with van der Waals surface area (Å²) in [4.78, 5) is 13.3. The maximum atomic E-state index is 11.0. The van der Waals surface area contributed by atoms with Crippen LogP contribution in [0.15, 0.2) is 4.47 Å². The summed E-state index contributed by atoms with van der Waals surface area (Å²) in [6.07, 6.45) is 2.41. The van der Waals surface area contributed by atoms with E-state index in [0.717, 1.165) is 55.6 Å². The van der Waals surface area contributed by atoms with Gasteiger partial charge in [0.05, 0.1) is 21.8 Å². The molecule has 0 aliphatic carbocycles. The molecule has 0 saturated carbocycles. The van der Waals surface area contributed by atoms with Crippen LogP contribution in [0.1, 0.15) is 38.1 Å². The Bertz CT molecular complexity index is 479. The van der Waals surface area contributed by atoms with E-state index in [4.69, 9.17) is 5.11 Å². The molecule has 0 amide bonds. The highest BCUT2D eigenvalue weighted by molar-refractivity contribution is 9.10. The number of nitrogens with zero attached hydrogens (tertiary/aromatic N) is 3. The van der Waals surface area contributed by atoms with Crippen molar-refractivity contribution in [2.24, 2.45) is 5.92 Å². The Balaban J connectivity index is 2.04. The minimum atomic E-state index is -0.655. The lowest BCUT2D eigenvalue weighted by molar-refractivity contribution is -0.143. The van der Waals surface area contributed by atoms with Crippen molar-refractivity contribution in [3.63, 3.8) is 0 Å². The van der Waals surface area contributed by atoms with Crippen molar-refractivity contribution >= 4 is 21.9 Å². The Hall–Kier alpha value is -0.880. The molecule has 0 aromatic carbocycles. The highest BCUT2D eigenvalue weighted by atomic mass is 79.9. The van der Waals surface area contributed by atoms with Crippen LogP contribution >= 0.6 is 15.9 Å². The summed E-state index contributed by atoms with van der Waals surface area (Å²) in [6.45, 7) is 7.60. The lowest BCUT2D eigenvalue weighted by atomic mass is 9.97. The van der Waals surface area contributed by atoms with Crippen molar-refractivity contribution in [2.75, 3.05) is 13.1 Å². The zero-order chi connectivity index (χ0) is 14.7. The minimum absolute atomic E-state index is 0.169. The number of rotatable bonds is 5. The number of hydrogen-bond donors (Lipinski definition) is 1. The molecule has 1 aliphatic rings. The number of hydrogen-bond acceptors (Lipinski definition) is 3. The fourth-order valence-electron chi connectivity index (χ4n) is 2.72. The molecular weight excluding hydrogens is 322 g/mol. The van der Waals surface area contributed by atoms with E-state index >= 15 is 0 Å². The van der Waals surface area contributed by atoms with Crippen LogP contribution in [0.4, 0.5) is 0 Å². The molecule has 1 N–H and O–H groups in total. The van der Waals surface area contributed by atoms with Crippen LogP contribution in [-0.4, -0.2) is 38.8 Å². The summed E-state index contributed by atoms with van der Waals surface area (Å²) in [6, 6.07) is 0. The second-order valence-corrected chi connectivity index (χ2v) is 6.06. The van der Waals surface area contributed by atoms with Gasteiger partial charge in [0.2, 0.25) is 0 Å². The monoisotopic (exact) mass is 343 g/mol. The minimum Gasteiger partial charge on any atom is -0.481 e. The van der Waals surface area contributed by atoms with Gasteiger partial charge in [-0.25, -0.2) is 0 Å². The zero-order valence-corrected chi connectivity index (χ0v) is 13.7. The number of likely N-dealkylation sites (tertiary alicyclic amines) is 1. The molecule has 0 atom stereocenters. The summed E-state index contributed by atoms with van der Waals surface area (Å²) in [5, 5.41) is 13.6. The van der Waals surface area contributed by atoms with E-state index in [9.17, 15) is 4.79 Å². The Labute approximate surface area is 128 Å². The molecular formula is C14H22BrN3O2. The van der Waals surface area contributed by atoms with Crippen LogP contribution in [0.5, 0.6) is 0 Å². The molecule has 0 spiro atoms. The van der Waals surface area contributed by atoms with E-state index in [1.165, 1.54) is 5.69 Å². The van der Waals surface area contributed by atoms with Gasteiger partial charge < -0.3 is 5.11 Å². The van der Waals surface area contributed by atoms with Gasteiger partial charge >= 0.3 is 5.97 Å². The van der Waals surface area contributed by atoms with Crippen LogP contribution in [0.2, 0.25) is 0 Å². The first-order valence-corrected chi connectivity index (χ1v) is 8.05. The lowest BCUT2D eigenvalue weighted by Crippen LogP contribution is -2.36. The predicted octanol–water partition coefficient (Wildman–Crippen LogP) is 2.52. The van der Waals surface area contributed by atoms with Gasteiger partial charge in [0.1, 0.15) is 0 Å². The smallest absolute Gasteiger partial charge is 0.306 e. The largest absolute Gasteiger partial charge is 0.481 e. The van der Waals surface area contributed by atoms with Crippen molar-refractivity contribution in [1.82, 2.24) is 14.7 Å². The summed E-state index contributed by atoms with van der Waals surface area (Å²) in [5.41, 5.74) is 2.31. The van der Waals surface area contributed by atoms with E-state index in [2.05, 4.69) is 39.8 Å². The molecule has 2 rings (SSSR count). The van der Waals surface area contributed by atoms with Crippen molar-refractivity contribution in [1.29, 1.82) is 0 Å². The zero-order valence-electron chi connectivity index (χ0n) is 12.1. The molecule has 0 radical (unpaired) electrons. The Morgan fingerprint density at radius 3 is 2.55 bits per heavy atom. The highest BCUT2D eigenvalue weighted by Crippen LogP contribution is 2.26. The molecule has 1 saturated heterocycles. The molecule has 1 aromatic heterocycles. The maximum Gasteiger partial charge on any atom is 0.306 e. The van der Waals surface area contributed by atoms with Crippen molar-refractivity contribution in [3.8, 4) is 0 Å². The molecule has 6 heteroatoms. The van der Waals surface area contributed by atoms with Crippen LogP contribution < -0.4 is 0 Å². The maximum absolute atomic E-state index is 11.0. The number of carboxylic acids is 1. The van der Waals surface area contributed by atoms with Crippen LogP contribution in [-0.2, 0) is 24.3 Å². The van der Waals surface area contributed by atoms with Crippen LogP contribution in [0.3, 0.4) is 0 Å². The first kappa shape index (κ1) is 15.5. The summed E-state index contributed by atoms with van der Waals surface area (Å²) >= 11 is 3.66. The van der Waals surface area contributed by atoms with Crippen molar-refractivity contribution in [2.45, 2.75) is 46.2 Å². The first-order chi connectivity index (χ1) is 9.56. The topological polar surface area (TPSA) is 58.4 Å². The molecule has 0 unspecified atom stereocenters. The van der Waals surface area contributed by atoms with E-state index in [1.807, 2.05) is 4.68 Å². The van der Waals surface area contributed by atoms with Gasteiger partial charge in [-0.05, 0) is 55.2 Å². The summed E-state index contributed by atoms with van der Waals surface area (Å²) in [5.74, 6) is -0.824. The molecule has 0 bridgehead atoms. The number of aryl methyl sites for hydroxylation is 2. The van der Waals surface area contributed by atoms with Gasteiger partial charge in [-0.3, -0.25) is 14.4 Å². The summed E-state index contributed by atoms with van der Waals surface area (Å²) in [7, 11) is 0. The van der Waals surface area contributed by atoms with Gasteiger partial charge in [-0.15, -0.1) is 0 Å². The van der Waals surface area contributed by atoms with Crippen molar-refractivity contribution in [3.05, 3.63) is 15.9 Å². The van der Waals surface area contributed by atoms with Gasteiger partial charge in [-0.1, -0.05) is 6.92 Å².